The second kappa shape index (κ2) is 93.5. The molecular weight excluding hydrogens is 1930 g/mol. The van der Waals surface area contributed by atoms with Crippen LogP contribution in [0.1, 0.15) is 39.5 Å². The summed E-state index contributed by atoms with van der Waals surface area (Å²) in [4.78, 5) is 0. The van der Waals surface area contributed by atoms with Gasteiger partial charge in [-0.3, -0.25) is 22.0 Å². The Bertz CT molecular complexity index is 2390. The molecule has 0 aliphatic rings. The van der Waals surface area contributed by atoms with Crippen molar-refractivity contribution in [2.45, 2.75) is 63.7 Å². The zero-order valence-corrected chi connectivity index (χ0v) is 84.4. The number of halogens is 10. The first-order valence-electron chi connectivity index (χ1n) is 34.3. The summed E-state index contributed by atoms with van der Waals surface area (Å²) in [6.07, 6.45) is 6.33. The molecule has 0 aliphatic carbocycles. The van der Waals surface area contributed by atoms with E-state index in [0.717, 1.165) is 19.4 Å². The summed E-state index contributed by atoms with van der Waals surface area (Å²) in [6, 6.07) is 113. The fourth-order valence-electron chi connectivity index (χ4n) is 6.53. The molecule has 102 heavy (non-hydrogen) atoms. The van der Waals surface area contributed by atoms with Crippen LogP contribution in [0.4, 0.5) is 22.0 Å². The van der Waals surface area contributed by atoms with Crippen molar-refractivity contribution < 1.29 is 137 Å². The number of rotatable bonds is 22. The summed E-state index contributed by atoms with van der Waals surface area (Å²) in [5.41, 5.74) is 0. The number of methoxy groups -OCH3 is 2. The molecule has 572 valence electrons. The Morgan fingerprint density at radius 2 is 0.441 bits per heavy atom. The molecule has 19 heteroatoms. The van der Waals surface area contributed by atoms with Crippen molar-refractivity contribution >= 4 is 51.2 Å². The van der Waals surface area contributed by atoms with E-state index in [2.05, 4.69) is 333 Å². The summed E-state index contributed by atoms with van der Waals surface area (Å²) in [5, 5.41) is 6.36. The molecule has 10 aromatic rings. The Balaban J connectivity index is -0.000000344. The van der Waals surface area contributed by atoms with E-state index < -0.39 is 0 Å². The zero-order valence-electron chi connectivity index (χ0n) is 63.7. The van der Waals surface area contributed by atoms with E-state index in [9.17, 15) is 22.0 Å². The molecule has 0 saturated carbocycles. The zero-order chi connectivity index (χ0) is 76.7. The molecule has 10 rings (SSSR count). The van der Waals surface area contributed by atoms with Gasteiger partial charge in [-0.05, 0) is 45.9 Å². The van der Waals surface area contributed by atoms with Crippen molar-refractivity contribution in [1.82, 2.24) is 10.6 Å². The molecule has 0 saturated heterocycles. The second-order valence-corrected chi connectivity index (χ2v) is 39.2. The summed E-state index contributed by atoms with van der Waals surface area (Å²) in [6.45, 7) is 8.86. The molecule has 10 aromatic carbocycles. The monoisotopic (exact) mass is 2050 g/mol. The number of nitrogens with one attached hydrogen (secondary N) is 2. The molecule has 0 heterocycles. The van der Waals surface area contributed by atoms with Gasteiger partial charge in [-0.15, -0.1) is 0 Å². The van der Waals surface area contributed by atoms with Crippen LogP contribution < -0.4 is 117 Å². The van der Waals surface area contributed by atoms with Gasteiger partial charge >= 0.3 is 445 Å². The van der Waals surface area contributed by atoms with Crippen molar-refractivity contribution in [3.05, 3.63) is 339 Å². The number of benzene rings is 10. The molecule has 0 atom stereocenters. The van der Waals surface area contributed by atoms with Gasteiger partial charge in [-0.1, -0.05) is 44.4 Å². The van der Waals surface area contributed by atoms with E-state index in [0.29, 0.717) is 35.9 Å². The third-order valence-electron chi connectivity index (χ3n) is 11.7. The van der Waals surface area contributed by atoms with Gasteiger partial charge in [0, 0.05) is 78.3 Å². The predicted molar refractivity (Wildman–Crippen MR) is 436 cm³/mol. The Morgan fingerprint density at radius 1 is 0.275 bits per heavy atom. The normalized spacial score (nSPS) is 9.21. The van der Waals surface area contributed by atoms with Crippen LogP contribution >= 0.6 is 0 Å². The van der Waals surface area contributed by atoms with Crippen LogP contribution in [0.5, 0.6) is 0 Å². The molecule has 0 spiro atoms. The van der Waals surface area contributed by atoms with Crippen molar-refractivity contribution in [2.24, 2.45) is 0 Å². The molecule has 0 radical (unpaired) electrons. The fraction of sp³-hybridized carbons (Fsp3) is 0.277. The second-order valence-electron chi connectivity index (χ2n) is 19.5. The molecule has 0 amide bonds. The Kier molecular flexibility index (Phi) is 98.1. The van der Waals surface area contributed by atoms with Gasteiger partial charge < -0.3 is 20.1 Å². The third kappa shape index (κ3) is 74.7. The van der Waals surface area contributed by atoms with Crippen molar-refractivity contribution in [3.63, 3.8) is 0 Å². The molecule has 0 fully saturated rings. The van der Waals surface area contributed by atoms with Gasteiger partial charge in [0.1, 0.15) is 0 Å². The van der Waals surface area contributed by atoms with Gasteiger partial charge in [0.05, 0.1) is 35.9 Å². The molecule has 0 aromatic heterocycles. The molecule has 2 N–H and O–H groups in total. The first kappa shape index (κ1) is 107. The standard InChI is InChI=1S/5C12H10I.C5H15NSi.C4H13NSi.C4H12OSi.C3H10Si.C2H8OSi.5CH3F/c5*1-3-7-11(8-4-1)13-12-9-5-2-6-10-12;1-2-6-4-3-5-7;2*1-5-3-2-4-6;1-2-3-4;1-3-2-4;5*1-2/h5*1-10H;6H,2-5H2,1,7H3;5H,2-4H2,1,6H3;2-4H2,1,6H3;2-3H2,1,4H3;2H2,1,4H3;5*1H3/q5*-1;;;;;;;;;;. The summed E-state index contributed by atoms with van der Waals surface area (Å²) >= 11 is 0.143. The Hall–Kier alpha value is -3.58. The Morgan fingerprint density at radius 3 is 0.539 bits per heavy atom. The summed E-state index contributed by atoms with van der Waals surface area (Å²) in [7, 11) is 14.6. The molecule has 0 unspecified atom stereocenters. The van der Waals surface area contributed by atoms with Gasteiger partial charge in [0.25, 0.3) is 0 Å². The first-order valence-corrected chi connectivity index (χ1v) is 52.1. The molecule has 0 aliphatic heterocycles. The summed E-state index contributed by atoms with van der Waals surface area (Å²) in [5.74, 6) is 0. The van der Waals surface area contributed by atoms with E-state index >= 15 is 0 Å². The maximum atomic E-state index is 9.50. The predicted octanol–water partition coefficient (Wildman–Crippen LogP) is 0.0952. The van der Waals surface area contributed by atoms with Crippen molar-refractivity contribution in [3.8, 4) is 0 Å². The van der Waals surface area contributed by atoms with E-state index in [4.69, 9.17) is 4.74 Å². The van der Waals surface area contributed by atoms with E-state index in [1.165, 1.54) is 150 Å². The van der Waals surface area contributed by atoms with Crippen molar-refractivity contribution in [1.29, 1.82) is 0 Å². The number of hydrogen-bond acceptors (Lipinski definition) is 4. The molecular formula is C83H123F5I5N2O2Si5-5. The third-order valence-corrected chi connectivity index (χ3v) is 28.8. The van der Waals surface area contributed by atoms with Crippen LogP contribution in [0.15, 0.2) is 303 Å². The van der Waals surface area contributed by atoms with Crippen LogP contribution in [0.25, 0.3) is 0 Å². The van der Waals surface area contributed by atoms with Crippen LogP contribution in [0.3, 0.4) is 0 Å². The number of hydrogen-bond donors (Lipinski definition) is 2. The number of ether oxygens (including phenoxy) is 2. The SMILES string of the molecule is CCC[SiH3].CCNCCC[SiH3].CF.CF.CF.CF.CF.CNCCC[SiH3].COCCC[SiH3].COC[SiH3].c1ccc([I-]c2ccccc2)cc1.c1ccc([I-]c2ccccc2)cc1.c1ccc([I-]c2ccccc2)cc1.c1ccc([I-]c2ccccc2)cc1.c1ccc([I-]c2ccccc2)cc1. The topological polar surface area (TPSA) is 42.5 Å². The number of alkyl halides is 5. The van der Waals surface area contributed by atoms with Gasteiger partial charge in [0.15, 0.2) is 0 Å². The quantitative estimate of drug-likeness (QED) is 0.0438. The van der Waals surface area contributed by atoms with Gasteiger partial charge in [-0.2, -0.15) is 0 Å². The minimum absolute atomic E-state index is 0.0287. The summed E-state index contributed by atoms with van der Waals surface area (Å²) < 4.78 is 71.7. The fourth-order valence-corrected chi connectivity index (χ4v) is 18.9. The van der Waals surface area contributed by atoms with Crippen LogP contribution in [0, 0.1) is 35.7 Å². The van der Waals surface area contributed by atoms with Crippen LogP contribution in [-0.2, 0) is 9.47 Å². The van der Waals surface area contributed by atoms with Gasteiger partial charge in [-0.25, -0.2) is 0 Å². The van der Waals surface area contributed by atoms with E-state index in [-0.39, 0.29) is 106 Å². The first-order chi connectivity index (χ1) is 50.3. The average molecular weight is 2050 g/mol. The minimum atomic E-state index is 0.0287. The van der Waals surface area contributed by atoms with E-state index in [1.54, 1.807) is 14.2 Å². The maximum absolute atomic E-state index is 9.50. The van der Waals surface area contributed by atoms with Crippen molar-refractivity contribution in [2.75, 3.05) is 89.6 Å². The Labute approximate surface area is 683 Å². The molecule has 4 nitrogen and oxygen atoms in total. The van der Waals surface area contributed by atoms with E-state index in [1.807, 2.05) is 7.05 Å². The average Bonchev–Trinajstić information content (AvgIpc) is 1.20. The molecule has 0 bridgehead atoms. The van der Waals surface area contributed by atoms with Crippen LogP contribution in [0.2, 0.25) is 24.2 Å². The van der Waals surface area contributed by atoms with Crippen LogP contribution in [-0.4, -0.2) is 141 Å². The van der Waals surface area contributed by atoms with Gasteiger partial charge in [0.2, 0.25) is 0 Å².